The molecular formula is C14H21N3O2S. The van der Waals surface area contributed by atoms with Gasteiger partial charge in [-0.05, 0) is 31.9 Å². The minimum Gasteiger partial charge on any atom is -0.466 e. The molecule has 2 heterocycles. The zero-order valence-electron chi connectivity index (χ0n) is 11.7. The Labute approximate surface area is 124 Å². The third-order valence-corrected chi connectivity index (χ3v) is 3.56. The van der Waals surface area contributed by atoms with E-state index in [1.54, 1.807) is 4.68 Å². The molecule has 1 atom stereocenters. The largest absolute Gasteiger partial charge is 0.466 e. The molecule has 1 aliphatic rings. The molecule has 5 nitrogen and oxygen atoms in total. The van der Waals surface area contributed by atoms with Crippen molar-refractivity contribution >= 4 is 24.7 Å². The van der Waals surface area contributed by atoms with Crippen LogP contribution in [0.4, 0.5) is 0 Å². The van der Waals surface area contributed by atoms with Crippen molar-refractivity contribution in [2.24, 2.45) is 0 Å². The topological polar surface area (TPSA) is 56.1 Å². The molecule has 1 saturated heterocycles. The van der Waals surface area contributed by atoms with Gasteiger partial charge in [-0.2, -0.15) is 17.7 Å². The first-order chi connectivity index (χ1) is 9.67. The summed E-state index contributed by atoms with van der Waals surface area (Å²) in [4.78, 5) is 11.3. The summed E-state index contributed by atoms with van der Waals surface area (Å²) < 4.78 is 6.66. The second-order valence-corrected chi connectivity index (χ2v) is 5.53. The minimum absolute atomic E-state index is 0.185. The lowest BCUT2D eigenvalue weighted by molar-refractivity contribution is -0.143. The number of ether oxygens (including phenoxy) is 1. The van der Waals surface area contributed by atoms with Gasteiger partial charge in [-0.3, -0.25) is 9.48 Å². The molecule has 0 bridgehead atoms. The number of hydrogen-bond donors (Lipinski definition) is 2. The lowest BCUT2D eigenvalue weighted by atomic mass is 10.1. The van der Waals surface area contributed by atoms with Gasteiger partial charge in [0, 0.05) is 23.7 Å². The number of carbonyl (C=O) groups excluding carboxylic acids is 1. The first-order valence-electron chi connectivity index (χ1n) is 6.99. The highest BCUT2D eigenvalue weighted by atomic mass is 32.1. The number of piperidine rings is 1. The molecule has 1 fully saturated rings. The molecule has 1 aromatic rings. The number of carbonyl (C=O) groups is 1. The fourth-order valence-electron chi connectivity index (χ4n) is 2.13. The third-order valence-electron chi connectivity index (χ3n) is 3.12. The van der Waals surface area contributed by atoms with Crippen molar-refractivity contribution in [1.82, 2.24) is 15.1 Å². The van der Waals surface area contributed by atoms with Crippen LogP contribution >= 0.6 is 12.6 Å². The highest BCUT2D eigenvalue weighted by Crippen LogP contribution is 2.18. The Morgan fingerprint density at radius 2 is 2.55 bits per heavy atom. The van der Waals surface area contributed by atoms with Gasteiger partial charge in [0.1, 0.15) is 0 Å². The normalized spacial score (nSPS) is 20.7. The molecule has 0 amide bonds. The molecule has 6 heteroatoms. The maximum absolute atomic E-state index is 11.3. The van der Waals surface area contributed by atoms with E-state index in [1.165, 1.54) is 5.70 Å². The molecule has 0 aromatic carbocycles. The van der Waals surface area contributed by atoms with Gasteiger partial charge in [0.25, 0.3) is 0 Å². The van der Waals surface area contributed by atoms with Gasteiger partial charge in [0.2, 0.25) is 0 Å². The smallest absolute Gasteiger partial charge is 0.307 e. The molecule has 1 N–H and O–H groups in total. The number of hydrogen-bond acceptors (Lipinski definition) is 5. The molecule has 0 radical (unpaired) electrons. The van der Waals surface area contributed by atoms with Gasteiger partial charge in [-0.15, -0.1) is 0 Å². The molecule has 110 valence electrons. The highest BCUT2D eigenvalue weighted by molar-refractivity contribution is 7.80. The third kappa shape index (κ3) is 4.59. The van der Waals surface area contributed by atoms with Gasteiger partial charge in [0.15, 0.2) is 0 Å². The molecule has 1 unspecified atom stereocenters. The number of allylic oxidation sites excluding steroid dienone is 1. The predicted molar refractivity (Wildman–Crippen MR) is 81.5 cm³/mol. The van der Waals surface area contributed by atoms with Crippen LogP contribution in [0.15, 0.2) is 18.0 Å². The SMILES string of the molecule is CCOC(=O)CCn1ccc(C=C2CC(S)CCN2)n1. The van der Waals surface area contributed by atoms with Gasteiger partial charge in [-0.25, -0.2) is 0 Å². The van der Waals surface area contributed by atoms with E-state index >= 15 is 0 Å². The van der Waals surface area contributed by atoms with E-state index in [-0.39, 0.29) is 5.97 Å². The monoisotopic (exact) mass is 295 g/mol. The summed E-state index contributed by atoms with van der Waals surface area (Å²) in [7, 11) is 0. The maximum Gasteiger partial charge on any atom is 0.307 e. The lowest BCUT2D eigenvalue weighted by Gasteiger charge is -2.21. The van der Waals surface area contributed by atoms with E-state index in [0.717, 1.165) is 25.1 Å². The number of rotatable bonds is 5. The first-order valence-corrected chi connectivity index (χ1v) is 7.50. The molecule has 2 rings (SSSR count). The highest BCUT2D eigenvalue weighted by Gasteiger charge is 2.12. The summed E-state index contributed by atoms with van der Waals surface area (Å²) in [5.41, 5.74) is 2.07. The lowest BCUT2D eigenvalue weighted by Crippen LogP contribution is -2.26. The summed E-state index contributed by atoms with van der Waals surface area (Å²) in [6, 6.07) is 1.95. The molecule has 20 heavy (non-hydrogen) atoms. The van der Waals surface area contributed by atoms with E-state index in [4.69, 9.17) is 4.74 Å². The van der Waals surface area contributed by atoms with Crippen molar-refractivity contribution in [2.45, 2.75) is 38.0 Å². The number of nitrogens with one attached hydrogen (secondary N) is 1. The van der Waals surface area contributed by atoms with Crippen LogP contribution in [0.3, 0.4) is 0 Å². The molecule has 0 aliphatic carbocycles. The number of aryl methyl sites for hydroxylation is 1. The average molecular weight is 295 g/mol. The van der Waals surface area contributed by atoms with Gasteiger partial charge in [-0.1, -0.05) is 0 Å². The summed E-state index contributed by atoms with van der Waals surface area (Å²) in [5, 5.41) is 8.22. The van der Waals surface area contributed by atoms with E-state index in [2.05, 4.69) is 23.0 Å². The standard InChI is InChI=1S/C14H21N3O2S/c1-2-19-14(18)5-8-17-7-4-11(16-17)9-12-10-13(20)3-6-15-12/h4,7,9,13,15,20H,2-3,5-6,8,10H2,1H3. The van der Waals surface area contributed by atoms with Gasteiger partial charge in [0.05, 0.1) is 25.3 Å². The van der Waals surface area contributed by atoms with Crippen LogP contribution in [0.25, 0.3) is 6.08 Å². The van der Waals surface area contributed by atoms with Crippen LogP contribution in [0.1, 0.15) is 31.9 Å². The molecular weight excluding hydrogens is 274 g/mol. The summed E-state index contributed by atoms with van der Waals surface area (Å²) >= 11 is 4.51. The van der Waals surface area contributed by atoms with Crippen molar-refractivity contribution in [1.29, 1.82) is 0 Å². The summed E-state index contributed by atoms with van der Waals surface area (Å²) in [5.74, 6) is -0.185. The Kier molecular flexibility index (Phi) is 5.52. The Bertz CT molecular complexity index is 485. The van der Waals surface area contributed by atoms with Crippen LogP contribution in [0.2, 0.25) is 0 Å². The van der Waals surface area contributed by atoms with Crippen LogP contribution in [0.5, 0.6) is 0 Å². The fourth-order valence-corrected chi connectivity index (χ4v) is 2.46. The Morgan fingerprint density at radius 3 is 3.30 bits per heavy atom. The van der Waals surface area contributed by atoms with Gasteiger partial charge < -0.3 is 10.1 Å². The minimum atomic E-state index is -0.185. The Hall–Kier alpha value is -1.43. The zero-order valence-corrected chi connectivity index (χ0v) is 12.6. The van der Waals surface area contributed by atoms with Crippen molar-refractivity contribution in [3.05, 3.63) is 23.7 Å². The van der Waals surface area contributed by atoms with Crippen LogP contribution in [0, 0.1) is 0 Å². The van der Waals surface area contributed by atoms with E-state index in [9.17, 15) is 4.79 Å². The quantitative estimate of drug-likeness (QED) is 0.643. The Morgan fingerprint density at radius 1 is 1.70 bits per heavy atom. The zero-order chi connectivity index (χ0) is 14.4. The summed E-state index contributed by atoms with van der Waals surface area (Å²) in [6.07, 6.45) is 6.31. The maximum atomic E-state index is 11.3. The van der Waals surface area contributed by atoms with Crippen molar-refractivity contribution < 1.29 is 9.53 Å². The molecule has 0 saturated carbocycles. The number of thiol groups is 1. The average Bonchev–Trinajstić information content (AvgIpc) is 2.84. The van der Waals surface area contributed by atoms with E-state index in [1.807, 2.05) is 25.3 Å². The van der Waals surface area contributed by atoms with Gasteiger partial charge >= 0.3 is 5.97 Å². The van der Waals surface area contributed by atoms with Crippen molar-refractivity contribution in [3.63, 3.8) is 0 Å². The van der Waals surface area contributed by atoms with Crippen molar-refractivity contribution in [3.8, 4) is 0 Å². The van der Waals surface area contributed by atoms with E-state index < -0.39 is 0 Å². The van der Waals surface area contributed by atoms with E-state index in [0.29, 0.717) is 24.8 Å². The number of esters is 1. The Balaban J connectivity index is 1.88. The number of aromatic nitrogens is 2. The molecule has 1 aliphatic heterocycles. The van der Waals surface area contributed by atoms with Crippen LogP contribution < -0.4 is 5.32 Å². The fraction of sp³-hybridized carbons (Fsp3) is 0.571. The van der Waals surface area contributed by atoms with Crippen LogP contribution in [-0.2, 0) is 16.1 Å². The van der Waals surface area contributed by atoms with Crippen molar-refractivity contribution in [2.75, 3.05) is 13.2 Å². The second kappa shape index (κ2) is 7.38. The number of nitrogens with zero attached hydrogens (tertiary/aromatic N) is 2. The second-order valence-electron chi connectivity index (χ2n) is 4.80. The molecule has 0 spiro atoms. The summed E-state index contributed by atoms with van der Waals surface area (Å²) in [6.45, 7) is 3.74. The molecule has 1 aromatic heterocycles. The predicted octanol–water partition coefficient (Wildman–Crippen LogP) is 1.86. The van der Waals surface area contributed by atoms with Crippen LogP contribution in [-0.4, -0.2) is 34.2 Å². The first kappa shape index (κ1) is 15.0.